The van der Waals surface area contributed by atoms with E-state index in [2.05, 4.69) is 17.5 Å². The molecule has 2 aliphatic carbocycles. The van der Waals surface area contributed by atoms with Crippen molar-refractivity contribution in [2.45, 2.75) is 75.5 Å². The zero-order valence-corrected chi connectivity index (χ0v) is 23.5. The van der Waals surface area contributed by atoms with Crippen molar-refractivity contribution in [3.8, 4) is 12.1 Å². The molecule has 2 aromatic rings. The van der Waals surface area contributed by atoms with Gasteiger partial charge < -0.3 is 15.0 Å². The van der Waals surface area contributed by atoms with Crippen molar-refractivity contribution >= 4 is 23.5 Å². The van der Waals surface area contributed by atoms with Crippen molar-refractivity contribution in [2.24, 2.45) is 11.8 Å². The molecule has 5 atom stereocenters. The SMILES string of the molecule is CCN1C(=O)[C@@H](NC(=O)c2cccc(C#N)c2)[C@@H](C2CC2)c2c(C(=O)N3[C@H](C#N)C[C@H]4C[C@H]43)nn(C3CCOCC3)c21. The summed E-state index contributed by atoms with van der Waals surface area (Å²) in [5.74, 6) is -0.230. The zero-order chi connectivity index (χ0) is 29.1. The van der Waals surface area contributed by atoms with Crippen LogP contribution in [0.2, 0.25) is 0 Å². The molecule has 0 bridgehead atoms. The third-order valence-corrected chi connectivity index (χ3v) is 9.61. The van der Waals surface area contributed by atoms with Crippen LogP contribution in [-0.2, 0) is 9.53 Å². The Morgan fingerprint density at radius 1 is 1.12 bits per heavy atom. The first-order valence-electron chi connectivity index (χ1n) is 15.0. The molecule has 0 radical (unpaired) electrons. The fourth-order valence-electron chi connectivity index (χ4n) is 7.31. The van der Waals surface area contributed by atoms with Crippen LogP contribution in [0.15, 0.2) is 24.3 Å². The van der Waals surface area contributed by atoms with Crippen LogP contribution in [0.3, 0.4) is 0 Å². The van der Waals surface area contributed by atoms with Gasteiger partial charge in [-0.3, -0.25) is 19.3 Å². The van der Waals surface area contributed by atoms with E-state index in [9.17, 15) is 24.9 Å². The monoisotopic (exact) mass is 567 g/mol. The normalized spacial score (nSPS) is 28.5. The summed E-state index contributed by atoms with van der Waals surface area (Å²) < 4.78 is 7.48. The van der Waals surface area contributed by atoms with Gasteiger partial charge in [0.05, 0.1) is 23.7 Å². The van der Waals surface area contributed by atoms with Crippen LogP contribution in [0, 0.1) is 34.5 Å². The number of ether oxygens (including phenoxy) is 1. The largest absolute Gasteiger partial charge is 0.381 e. The Labute approximate surface area is 244 Å². The van der Waals surface area contributed by atoms with E-state index < -0.39 is 23.9 Å². The molecule has 5 aliphatic rings. The summed E-state index contributed by atoms with van der Waals surface area (Å²) in [5.41, 5.74) is 1.67. The summed E-state index contributed by atoms with van der Waals surface area (Å²) >= 11 is 0. The van der Waals surface area contributed by atoms with Gasteiger partial charge in [-0.15, -0.1) is 0 Å². The van der Waals surface area contributed by atoms with Gasteiger partial charge >= 0.3 is 0 Å². The van der Waals surface area contributed by atoms with Gasteiger partial charge in [-0.1, -0.05) is 6.07 Å². The maximum atomic E-state index is 14.4. The number of nitrogens with zero attached hydrogens (tertiary/aromatic N) is 6. The van der Waals surface area contributed by atoms with Crippen LogP contribution >= 0.6 is 0 Å². The Morgan fingerprint density at radius 3 is 2.60 bits per heavy atom. The lowest BCUT2D eigenvalue weighted by Gasteiger charge is -2.39. The van der Waals surface area contributed by atoms with Crippen molar-refractivity contribution in [3.63, 3.8) is 0 Å². The van der Waals surface area contributed by atoms with E-state index in [0.717, 1.165) is 19.3 Å². The highest BCUT2D eigenvalue weighted by atomic mass is 16.5. The molecule has 1 aromatic carbocycles. The summed E-state index contributed by atoms with van der Waals surface area (Å²) in [7, 11) is 0. The van der Waals surface area contributed by atoms with Gasteiger partial charge in [0.15, 0.2) is 5.69 Å². The third-order valence-electron chi connectivity index (χ3n) is 9.61. The number of likely N-dealkylation sites (N-methyl/N-ethyl adjacent to an activating group) is 1. The van der Waals surface area contributed by atoms with Gasteiger partial charge in [-0.25, -0.2) is 4.68 Å². The van der Waals surface area contributed by atoms with E-state index in [0.29, 0.717) is 73.1 Å². The van der Waals surface area contributed by atoms with Crippen LogP contribution < -0.4 is 10.2 Å². The molecule has 0 spiro atoms. The van der Waals surface area contributed by atoms with Crippen LogP contribution in [-0.4, -0.2) is 70.3 Å². The van der Waals surface area contributed by atoms with E-state index in [1.165, 1.54) is 6.07 Å². The first-order valence-corrected chi connectivity index (χ1v) is 15.0. The number of rotatable bonds is 6. The number of hydrogen-bond donors (Lipinski definition) is 1. The van der Waals surface area contributed by atoms with Crippen molar-refractivity contribution in [3.05, 3.63) is 46.6 Å². The van der Waals surface area contributed by atoms with E-state index in [1.807, 2.05) is 11.6 Å². The number of benzene rings is 1. The Morgan fingerprint density at radius 2 is 1.90 bits per heavy atom. The molecule has 0 unspecified atom stereocenters. The molecule has 3 aliphatic heterocycles. The Balaban J connectivity index is 1.34. The van der Waals surface area contributed by atoms with Gasteiger partial charge in [0.25, 0.3) is 17.7 Å². The van der Waals surface area contributed by atoms with Crippen LogP contribution in [0.5, 0.6) is 0 Å². The number of aromatic nitrogens is 2. The van der Waals surface area contributed by atoms with Crippen LogP contribution in [0.25, 0.3) is 0 Å². The molecule has 1 aromatic heterocycles. The molecule has 4 fully saturated rings. The van der Waals surface area contributed by atoms with Crippen LogP contribution in [0.1, 0.15) is 89.4 Å². The van der Waals surface area contributed by atoms with Gasteiger partial charge in [0, 0.05) is 42.8 Å². The highest BCUT2D eigenvalue weighted by molar-refractivity contribution is 6.07. The molecule has 7 rings (SSSR count). The zero-order valence-electron chi connectivity index (χ0n) is 23.5. The minimum atomic E-state index is -0.888. The van der Waals surface area contributed by atoms with Gasteiger partial charge in [0.1, 0.15) is 17.9 Å². The van der Waals surface area contributed by atoms with Crippen molar-refractivity contribution in [1.29, 1.82) is 10.5 Å². The molecule has 11 heteroatoms. The standard InChI is InChI=1S/C31H33N7O4/c1-2-36-29-25(24(18-6-7-18)26(30(36)40)34-28(39)19-5-3-4-17(12-19)15-32)27(35-38(29)21-8-10-42-11-9-21)31(41)37-22(16-33)13-20-14-23(20)37/h3-5,12,18,20-24,26H,2,6-11,13-14H2,1H3,(H,34,39)/t20-,22-,23+,24-,26-/m0/s1. The van der Waals surface area contributed by atoms with E-state index in [4.69, 9.17) is 9.84 Å². The lowest BCUT2D eigenvalue weighted by atomic mass is 9.82. The number of piperidine rings is 1. The lowest BCUT2D eigenvalue weighted by Crippen LogP contribution is -2.56. The fraction of sp³-hybridized carbons (Fsp3) is 0.548. The van der Waals surface area contributed by atoms with Gasteiger partial charge in [-0.2, -0.15) is 15.6 Å². The smallest absolute Gasteiger partial charge is 0.276 e. The molecular formula is C31H33N7O4. The topological polar surface area (TPSA) is 144 Å². The molecule has 1 N–H and O–H groups in total. The number of carbonyl (C=O) groups is 3. The van der Waals surface area contributed by atoms with Crippen LogP contribution in [0.4, 0.5) is 5.82 Å². The lowest BCUT2D eigenvalue weighted by molar-refractivity contribution is -0.121. The number of nitriles is 2. The number of fused-ring (bicyclic) bond motifs is 2. The summed E-state index contributed by atoms with van der Waals surface area (Å²) in [6.45, 7) is 3.37. The maximum Gasteiger partial charge on any atom is 0.276 e. The maximum absolute atomic E-state index is 14.4. The number of amides is 3. The van der Waals surface area contributed by atoms with E-state index in [-0.39, 0.29) is 29.8 Å². The molecule has 42 heavy (non-hydrogen) atoms. The molecule has 216 valence electrons. The average Bonchev–Trinajstić information content (AvgIpc) is 3.94. The number of carbonyl (C=O) groups excluding carboxylic acids is 3. The molecule has 3 amide bonds. The van der Waals surface area contributed by atoms with Gasteiger partial charge in [-0.05, 0) is 75.5 Å². The Kier molecular flexibility index (Phi) is 6.51. The second kappa shape index (κ2) is 10.2. The molecule has 11 nitrogen and oxygen atoms in total. The minimum absolute atomic E-state index is 0.0327. The molecular weight excluding hydrogens is 534 g/mol. The highest BCUT2D eigenvalue weighted by Crippen LogP contribution is 2.53. The highest BCUT2D eigenvalue weighted by Gasteiger charge is 2.57. The van der Waals surface area contributed by atoms with E-state index >= 15 is 0 Å². The van der Waals surface area contributed by atoms with Crippen molar-refractivity contribution in [2.75, 3.05) is 24.7 Å². The fourth-order valence-corrected chi connectivity index (χ4v) is 7.31. The summed E-state index contributed by atoms with van der Waals surface area (Å²) in [6.07, 6.45) is 4.77. The second-order valence-corrected chi connectivity index (χ2v) is 12.1. The van der Waals surface area contributed by atoms with Crippen molar-refractivity contribution < 1.29 is 19.1 Å². The number of anilines is 1. The summed E-state index contributed by atoms with van der Waals surface area (Å²) in [6, 6.07) is 9.43. The summed E-state index contributed by atoms with van der Waals surface area (Å²) in [4.78, 5) is 45.5. The average molecular weight is 568 g/mol. The predicted octanol–water partition coefficient (Wildman–Crippen LogP) is 2.89. The Hall–Kier alpha value is -4.22. The first-order chi connectivity index (χ1) is 20.4. The quantitative estimate of drug-likeness (QED) is 0.565. The number of nitrogens with one attached hydrogen (secondary N) is 1. The van der Waals surface area contributed by atoms with Crippen molar-refractivity contribution in [1.82, 2.24) is 20.0 Å². The molecule has 4 heterocycles. The molecule has 2 saturated carbocycles. The summed E-state index contributed by atoms with van der Waals surface area (Å²) in [5, 5.41) is 27.2. The van der Waals surface area contributed by atoms with E-state index in [1.54, 1.807) is 28.0 Å². The molecule has 2 saturated heterocycles. The Bertz CT molecular complexity index is 1540. The number of hydrogen-bond acceptors (Lipinski definition) is 7. The predicted molar refractivity (Wildman–Crippen MR) is 149 cm³/mol. The number of likely N-dealkylation sites (tertiary alicyclic amines) is 1. The minimum Gasteiger partial charge on any atom is -0.381 e. The van der Waals surface area contributed by atoms with Gasteiger partial charge in [0.2, 0.25) is 0 Å². The first kappa shape index (κ1) is 26.7. The third kappa shape index (κ3) is 4.26. The second-order valence-electron chi connectivity index (χ2n) is 12.1.